The second kappa shape index (κ2) is 11.8. The lowest BCUT2D eigenvalue weighted by molar-refractivity contribution is -0.155. The number of benzene rings is 1. The van der Waals surface area contributed by atoms with Crippen molar-refractivity contribution >= 4 is 23.4 Å². The van der Waals surface area contributed by atoms with Crippen LogP contribution in [0.15, 0.2) is 48.6 Å². The summed E-state index contributed by atoms with van der Waals surface area (Å²) in [5.41, 5.74) is -1.74. The minimum atomic E-state index is -1.34. The van der Waals surface area contributed by atoms with Crippen LogP contribution in [0.25, 0.3) is 0 Å². The van der Waals surface area contributed by atoms with E-state index in [4.69, 9.17) is 9.47 Å². The molecular weight excluding hydrogens is 534 g/mol. The van der Waals surface area contributed by atoms with E-state index >= 15 is 0 Å². The maximum atomic E-state index is 14.7. The van der Waals surface area contributed by atoms with Gasteiger partial charge in [-0.1, -0.05) is 57.9 Å². The normalized spacial score (nSPS) is 31.9. The lowest BCUT2D eigenvalue weighted by Crippen LogP contribution is -2.59. The number of nitrogens with zero attached hydrogens (tertiary/aromatic N) is 3. The van der Waals surface area contributed by atoms with Crippen molar-refractivity contribution < 1.29 is 29.0 Å². The smallest absolute Gasteiger partial charge is 0.249 e. The fourth-order valence-corrected chi connectivity index (χ4v) is 7.35. The predicted octanol–water partition coefficient (Wildman–Crippen LogP) is 3.56. The second-order valence-corrected chi connectivity index (χ2v) is 12.2. The van der Waals surface area contributed by atoms with Crippen LogP contribution in [0.1, 0.15) is 53.9 Å². The Kier molecular flexibility index (Phi) is 8.54. The molecule has 1 N–H and O–H groups in total. The highest BCUT2D eigenvalue weighted by molar-refractivity contribution is 6.04. The van der Waals surface area contributed by atoms with Crippen molar-refractivity contribution in [1.82, 2.24) is 9.80 Å². The van der Waals surface area contributed by atoms with Crippen LogP contribution < -0.4 is 9.64 Å². The minimum Gasteiger partial charge on any atom is -0.494 e. The van der Waals surface area contributed by atoms with Crippen LogP contribution >= 0.6 is 0 Å². The fourth-order valence-electron chi connectivity index (χ4n) is 7.35. The SMILES string of the molecule is CCCCN1CC=C[C@]23O[C@@]4(C)C=CCN(c5ccc(OCC)cc5)C(=O)[C@H]4[C@H]2C(=O)N([C@@H](CO)[C@@H](C)CC)C3C1=O. The van der Waals surface area contributed by atoms with E-state index in [9.17, 15) is 19.5 Å². The number of ether oxygens (including phenoxy) is 2. The number of hydrogen-bond acceptors (Lipinski definition) is 6. The molecule has 228 valence electrons. The number of anilines is 1. The van der Waals surface area contributed by atoms with E-state index < -0.39 is 35.1 Å². The van der Waals surface area contributed by atoms with Gasteiger partial charge in [0.2, 0.25) is 17.7 Å². The van der Waals surface area contributed by atoms with E-state index in [1.54, 1.807) is 14.7 Å². The molecule has 7 atom stereocenters. The Morgan fingerprint density at radius 2 is 1.71 bits per heavy atom. The van der Waals surface area contributed by atoms with E-state index in [1.807, 2.05) is 76.3 Å². The van der Waals surface area contributed by atoms with Gasteiger partial charge in [0.15, 0.2) is 0 Å². The molecule has 3 amide bonds. The summed E-state index contributed by atoms with van der Waals surface area (Å²) in [6.45, 7) is 11.4. The molecule has 1 aromatic carbocycles. The van der Waals surface area contributed by atoms with Gasteiger partial charge in [-0.3, -0.25) is 14.4 Å². The van der Waals surface area contributed by atoms with Gasteiger partial charge in [0, 0.05) is 25.3 Å². The third-order valence-corrected chi connectivity index (χ3v) is 9.66. The molecule has 2 fully saturated rings. The molecule has 0 saturated carbocycles. The van der Waals surface area contributed by atoms with Gasteiger partial charge in [-0.05, 0) is 50.5 Å². The van der Waals surface area contributed by atoms with Crippen LogP contribution in [0, 0.1) is 17.8 Å². The fraction of sp³-hybridized carbons (Fsp3) is 0.606. The first-order chi connectivity index (χ1) is 20.2. The summed E-state index contributed by atoms with van der Waals surface area (Å²) in [7, 11) is 0. The highest BCUT2D eigenvalue weighted by Crippen LogP contribution is 2.58. The zero-order chi connectivity index (χ0) is 30.2. The number of amides is 3. The molecule has 0 bridgehead atoms. The van der Waals surface area contributed by atoms with Gasteiger partial charge in [0.1, 0.15) is 17.4 Å². The highest BCUT2D eigenvalue weighted by atomic mass is 16.5. The van der Waals surface area contributed by atoms with Gasteiger partial charge in [-0.25, -0.2) is 0 Å². The average molecular weight is 580 g/mol. The first-order valence-electron chi connectivity index (χ1n) is 15.5. The van der Waals surface area contributed by atoms with E-state index in [2.05, 4.69) is 6.92 Å². The van der Waals surface area contributed by atoms with Gasteiger partial charge in [-0.15, -0.1) is 0 Å². The second-order valence-electron chi connectivity index (χ2n) is 12.2. The lowest BCUT2D eigenvalue weighted by atomic mass is 9.74. The van der Waals surface area contributed by atoms with E-state index in [0.29, 0.717) is 37.7 Å². The van der Waals surface area contributed by atoms with Gasteiger partial charge in [-0.2, -0.15) is 0 Å². The summed E-state index contributed by atoms with van der Waals surface area (Å²) in [5, 5.41) is 10.6. The van der Waals surface area contributed by atoms with Gasteiger partial charge in [0.05, 0.1) is 36.7 Å². The Bertz CT molecular complexity index is 1250. The van der Waals surface area contributed by atoms with Gasteiger partial charge >= 0.3 is 0 Å². The molecular formula is C33H45N3O6. The zero-order valence-corrected chi connectivity index (χ0v) is 25.5. The summed E-state index contributed by atoms with van der Waals surface area (Å²) in [5.74, 6) is -1.85. The molecule has 42 heavy (non-hydrogen) atoms. The summed E-state index contributed by atoms with van der Waals surface area (Å²) in [4.78, 5) is 48.7. The van der Waals surface area contributed by atoms with Gasteiger partial charge in [0.25, 0.3) is 0 Å². The number of carbonyl (C=O) groups excluding carboxylic acids is 3. The number of carbonyl (C=O) groups is 3. The monoisotopic (exact) mass is 579 g/mol. The molecule has 9 heteroatoms. The topological polar surface area (TPSA) is 99.6 Å². The highest BCUT2D eigenvalue weighted by Gasteiger charge is 2.75. The van der Waals surface area contributed by atoms with Crippen LogP contribution in [0.3, 0.4) is 0 Å². The van der Waals surface area contributed by atoms with Crippen LogP contribution in [-0.4, -0.2) is 88.8 Å². The van der Waals surface area contributed by atoms with Crippen molar-refractivity contribution in [2.45, 2.75) is 77.2 Å². The van der Waals surface area contributed by atoms with Crippen molar-refractivity contribution in [2.75, 3.05) is 37.7 Å². The Labute approximate surface area is 249 Å². The van der Waals surface area contributed by atoms with Gasteiger partial charge < -0.3 is 29.3 Å². The van der Waals surface area contributed by atoms with Crippen molar-refractivity contribution in [2.24, 2.45) is 17.8 Å². The predicted molar refractivity (Wildman–Crippen MR) is 160 cm³/mol. The number of rotatable bonds is 10. The molecule has 5 rings (SSSR count). The average Bonchev–Trinajstić information content (AvgIpc) is 3.25. The first kappa shape index (κ1) is 30.3. The van der Waals surface area contributed by atoms with Crippen molar-refractivity contribution in [1.29, 1.82) is 0 Å². The number of likely N-dealkylation sites (tertiary alicyclic amines) is 1. The van der Waals surface area contributed by atoms with E-state index in [-0.39, 0.29) is 30.2 Å². The molecule has 4 aliphatic heterocycles. The lowest BCUT2D eigenvalue weighted by Gasteiger charge is -2.41. The maximum absolute atomic E-state index is 14.7. The summed E-state index contributed by atoms with van der Waals surface area (Å²) >= 11 is 0. The molecule has 2 saturated heterocycles. The quantitative estimate of drug-likeness (QED) is 0.426. The number of fused-ring (bicyclic) bond motifs is 2. The summed E-state index contributed by atoms with van der Waals surface area (Å²) in [6.07, 6.45) is 10.1. The van der Waals surface area contributed by atoms with E-state index in [1.165, 1.54) is 0 Å². The largest absolute Gasteiger partial charge is 0.494 e. The Balaban J connectivity index is 1.61. The first-order valence-corrected chi connectivity index (χ1v) is 15.5. The third kappa shape index (κ3) is 4.74. The van der Waals surface area contributed by atoms with Crippen molar-refractivity contribution in [3.63, 3.8) is 0 Å². The summed E-state index contributed by atoms with van der Waals surface area (Å²) < 4.78 is 12.5. The van der Waals surface area contributed by atoms with Crippen molar-refractivity contribution in [3.8, 4) is 5.75 Å². The summed E-state index contributed by atoms with van der Waals surface area (Å²) in [6, 6.07) is 5.82. The van der Waals surface area contributed by atoms with E-state index in [0.717, 1.165) is 19.3 Å². The molecule has 0 aromatic heterocycles. The number of hydrogen-bond donors (Lipinski definition) is 1. The molecule has 1 spiro atoms. The molecule has 4 aliphatic rings. The van der Waals surface area contributed by atoms with Crippen LogP contribution in [0.5, 0.6) is 5.75 Å². The number of aliphatic hydroxyl groups is 1. The Morgan fingerprint density at radius 1 is 1.00 bits per heavy atom. The maximum Gasteiger partial charge on any atom is 0.249 e. The molecule has 0 radical (unpaired) electrons. The molecule has 9 nitrogen and oxygen atoms in total. The van der Waals surface area contributed by atoms with Crippen molar-refractivity contribution in [3.05, 3.63) is 48.6 Å². The molecule has 1 aromatic rings. The van der Waals surface area contributed by atoms with Crippen LogP contribution in [0.4, 0.5) is 5.69 Å². The third-order valence-electron chi connectivity index (χ3n) is 9.66. The Hall–Kier alpha value is -3.17. The van der Waals surface area contributed by atoms with Crippen LogP contribution in [0.2, 0.25) is 0 Å². The molecule has 0 aliphatic carbocycles. The standard InChI is InChI=1S/C33H45N3O6/c1-6-9-18-34-19-11-17-33-27(30(39)36(28(33)31(34)40)25(21-37)22(4)7-2)26-29(38)35(20-10-16-32(26,5)42-33)23-12-14-24(15-13-23)41-8-3/h10-17,22,25-28,37H,6-9,18-21H2,1-5H3/t22-,25-,26+,27-,28?,32-,33-/m0/s1. The van der Waals surface area contributed by atoms with Crippen LogP contribution in [-0.2, 0) is 19.1 Å². The molecule has 4 heterocycles. The minimum absolute atomic E-state index is 0.0598. The zero-order valence-electron chi connectivity index (χ0n) is 25.5. The molecule has 1 unspecified atom stereocenters. The Morgan fingerprint density at radius 3 is 2.36 bits per heavy atom. The number of unbranched alkanes of at least 4 members (excludes halogenated alkanes) is 1. The number of aliphatic hydroxyl groups excluding tert-OH is 1.